The van der Waals surface area contributed by atoms with Crippen LogP contribution in [-0.2, 0) is 14.9 Å². The molecule has 0 spiro atoms. The van der Waals surface area contributed by atoms with Crippen LogP contribution in [0.5, 0.6) is 0 Å². The van der Waals surface area contributed by atoms with E-state index in [9.17, 15) is 8.42 Å². The van der Waals surface area contributed by atoms with Crippen LogP contribution in [0.25, 0.3) is 0 Å². The average Bonchev–Trinajstić information content (AvgIpc) is 2.20. The topological polar surface area (TPSA) is 63.6 Å². The third-order valence-electron chi connectivity index (χ3n) is 3.22. The summed E-state index contributed by atoms with van der Waals surface area (Å²) in [5.74, 6) is -0.174. The van der Waals surface area contributed by atoms with E-state index in [1.807, 2.05) is 0 Å². The number of unbranched alkanes of at least 4 members (excludes halogenated alkanes) is 2. The first kappa shape index (κ1) is 19.8. The highest BCUT2D eigenvalue weighted by Gasteiger charge is 2.29. The van der Waals surface area contributed by atoms with Crippen LogP contribution in [0.4, 0.5) is 0 Å². The van der Waals surface area contributed by atoms with E-state index in [0.717, 1.165) is 19.6 Å². The molecule has 0 rings (SSSR count). The summed E-state index contributed by atoms with van der Waals surface area (Å²) in [6, 6.07) is 0. The highest BCUT2D eigenvalue weighted by molar-refractivity contribution is 7.85. The van der Waals surface area contributed by atoms with Gasteiger partial charge >= 0.3 is 0 Å². The molecule has 0 heterocycles. The lowest BCUT2D eigenvalue weighted by Gasteiger charge is -2.37. The number of quaternary nitrogens is 1. The molecule has 0 radical (unpaired) electrons. The van der Waals surface area contributed by atoms with Gasteiger partial charge in [-0.1, -0.05) is 19.8 Å². The van der Waals surface area contributed by atoms with Gasteiger partial charge in [0.15, 0.2) is 0 Å². The minimum absolute atomic E-state index is 0.174. The van der Waals surface area contributed by atoms with E-state index < -0.39 is 10.1 Å². The number of nitrogens with zero attached hydrogens (tertiary/aromatic N) is 1. The fraction of sp³-hybridized carbons (Fsp3) is 1.00. The third-order valence-corrected chi connectivity index (χ3v) is 4.02. The Hall–Kier alpha value is -0.170. The van der Waals surface area contributed by atoms with E-state index in [0.29, 0.717) is 17.4 Å². The van der Waals surface area contributed by atoms with Crippen molar-refractivity contribution in [3.8, 4) is 0 Å². The maximum absolute atomic E-state index is 10.7. The summed E-state index contributed by atoms with van der Waals surface area (Å²) in [7, 11) is 0.261. The Balaban J connectivity index is 4.14. The minimum Gasteiger partial charge on any atom is -0.370 e. The summed E-state index contributed by atoms with van der Waals surface area (Å²) in [6.07, 6.45) is 3.90. The molecular weight excluding hydrogens is 278 g/mol. The van der Waals surface area contributed by atoms with Crippen LogP contribution < -0.4 is 0 Å². The number of ether oxygens (including phenoxy) is 1. The van der Waals surface area contributed by atoms with Crippen molar-refractivity contribution in [3.05, 3.63) is 0 Å². The second kappa shape index (κ2) is 8.32. The number of likely N-dealkylation sites (N-methyl/N-ethyl adjacent to an activating group) is 1. The van der Waals surface area contributed by atoms with Gasteiger partial charge in [0.05, 0.1) is 26.4 Å². The molecule has 0 saturated carbocycles. The molecule has 5 nitrogen and oxygen atoms in total. The number of rotatable bonds is 11. The minimum atomic E-state index is -3.85. The fourth-order valence-electron chi connectivity index (χ4n) is 2.53. The van der Waals surface area contributed by atoms with Crippen molar-refractivity contribution in [3.63, 3.8) is 0 Å². The second-order valence-electron chi connectivity index (χ2n) is 6.77. The Bertz CT molecular complexity index is 363. The third kappa shape index (κ3) is 11.6. The number of hydrogen-bond donors (Lipinski definition) is 1. The molecule has 20 heavy (non-hydrogen) atoms. The van der Waals surface area contributed by atoms with Crippen molar-refractivity contribution in [1.82, 2.24) is 0 Å². The van der Waals surface area contributed by atoms with E-state index in [-0.39, 0.29) is 11.4 Å². The second-order valence-corrected chi connectivity index (χ2v) is 8.34. The molecule has 122 valence electrons. The molecule has 0 aromatic carbocycles. The van der Waals surface area contributed by atoms with E-state index in [2.05, 4.69) is 34.9 Å². The molecule has 0 atom stereocenters. The molecule has 0 saturated heterocycles. The Morgan fingerprint density at radius 2 is 1.75 bits per heavy atom. The summed E-state index contributed by atoms with van der Waals surface area (Å²) < 4.78 is 36.8. The fourth-order valence-corrected chi connectivity index (χ4v) is 3.02. The van der Waals surface area contributed by atoms with Crippen LogP contribution in [0, 0.1) is 0 Å². The lowest BCUT2D eigenvalue weighted by molar-refractivity contribution is -0.896. The van der Waals surface area contributed by atoms with Crippen molar-refractivity contribution in [2.75, 3.05) is 39.5 Å². The molecule has 0 aromatic heterocycles. The first-order valence-corrected chi connectivity index (χ1v) is 8.99. The predicted molar refractivity (Wildman–Crippen MR) is 82.4 cm³/mol. The van der Waals surface area contributed by atoms with Gasteiger partial charge in [-0.2, -0.15) is 8.42 Å². The predicted octanol–water partition coefficient (Wildman–Crippen LogP) is 2.33. The standard InChI is InChI=1S/C14H31NO4S/c1-6-7-8-11-19-14(2,3)13-15(4,5)10-9-12-20(16,17)18/h6-13H2,1-5H3/p+1. The van der Waals surface area contributed by atoms with Crippen LogP contribution >= 0.6 is 0 Å². The Morgan fingerprint density at radius 3 is 2.25 bits per heavy atom. The molecule has 0 aliphatic heterocycles. The van der Waals surface area contributed by atoms with Gasteiger partial charge in [0.1, 0.15) is 12.1 Å². The van der Waals surface area contributed by atoms with E-state index in [1.54, 1.807) is 0 Å². The maximum Gasteiger partial charge on any atom is 0.265 e. The monoisotopic (exact) mass is 310 g/mol. The quantitative estimate of drug-likeness (QED) is 0.361. The van der Waals surface area contributed by atoms with Crippen LogP contribution in [0.3, 0.4) is 0 Å². The van der Waals surface area contributed by atoms with E-state index in [4.69, 9.17) is 9.29 Å². The van der Waals surface area contributed by atoms with Crippen molar-refractivity contribution in [2.24, 2.45) is 0 Å². The highest BCUT2D eigenvalue weighted by atomic mass is 32.2. The molecule has 1 N–H and O–H groups in total. The maximum atomic E-state index is 10.7. The molecule has 0 amide bonds. The van der Waals surface area contributed by atoms with Crippen molar-refractivity contribution < 1.29 is 22.2 Å². The summed E-state index contributed by atoms with van der Waals surface area (Å²) >= 11 is 0. The summed E-state index contributed by atoms with van der Waals surface area (Å²) in [5, 5.41) is 0. The van der Waals surface area contributed by atoms with Gasteiger partial charge in [0.2, 0.25) is 0 Å². The lowest BCUT2D eigenvalue weighted by atomic mass is 10.1. The van der Waals surface area contributed by atoms with Crippen molar-refractivity contribution >= 4 is 10.1 Å². The molecule has 0 bridgehead atoms. The molecule has 0 unspecified atom stereocenters. The zero-order valence-corrected chi connectivity index (χ0v) is 14.5. The SMILES string of the molecule is CCCCCOC(C)(C)C[N+](C)(C)CCCS(=O)(=O)O. The Morgan fingerprint density at radius 1 is 1.15 bits per heavy atom. The van der Waals surface area contributed by atoms with Crippen LogP contribution in [0.1, 0.15) is 46.5 Å². The zero-order valence-electron chi connectivity index (χ0n) is 13.7. The molecular formula is C14H32NO4S+. The first-order valence-electron chi connectivity index (χ1n) is 7.38. The molecule has 0 aliphatic carbocycles. The normalized spacial score (nSPS) is 13.7. The van der Waals surface area contributed by atoms with Gasteiger partial charge in [-0.05, 0) is 20.3 Å². The summed E-state index contributed by atoms with van der Waals surface area (Å²) in [5.41, 5.74) is -0.227. The highest BCUT2D eigenvalue weighted by Crippen LogP contribution is 2.16. The van der Waals surface area contributed by atoms with Crippen molar-refractivity contribution in [2.45, 2.75) is 52.1 Å². The zero-order chi connectivity index (χ0) is 15.9. The van der Waals surface area contributed by atoms with Crippen LogP contribution in [-0.4, -0.2) is 62.6 Å². The van der Waals surface area contributed by atoms with E-state index >= 15 is 0 Å². The molecule has 0 aromatic rings. The number of hydrogen-bond acceptors (Lipinski definition) is 3. The molecule has 6 heteroatoms. The van der Waals surface area contributed by atoms with E-state index in [1.165, 1.54) is 12.8 Å². The largest absolute Gasteiger partial charge is 0.370 e. The first-order chi connectivity index (χ1) is 8.97. The Labute approximate surface area is 124 Å². The smallest absolute Gasteiger partial charge is 0.265 e. The van der Waals surface area contributed by atoms with Gasteiger partial charge in [-0.15, -0.1) is 0 Å². The summed E-state index contributed by atoms with van der Waals surface area (Å²) in [6.45, 7) is 8.59. The Kier molecular flexibility index (Phi) is 8.25. The summed E-state index contributed by atoms with van der Waals surface area (Å²) in [4.78, 5) is 0. The van der Waals surface area contributed by atoms with Gasteiger partial charge in [-0.25, -0.2) is 0 Å². The van der Waals surface area contributed by atoms with Crippen LogP contribution in [0.2, 0.25) is 0 Å². The molecule has 0 aliphatic rings. The van der Waals surface area contributed by atoms with Gasteiger partial charge < -0.3 is 9.22 Å². The van der Waals surface area contributed by atoms with Gasteiger partial charge in [0.25, 0.3) is 10.1 Å². The van der Waals surface area contributed by atoms with Crippen molar-refractivity contribution in [1.29, 1.82) is 0 Å². The van der Waals surface area contributed by atoms with Gasteiger partial charge in [0, 0.05) is 13.0 Å². The van der Waals surface area contributed by atoms with Crippen LogP contribution in [0.15, 0.2) is 0 Å². The van der Waals surface area contributed by atoms with Gasteiger partial charge in [-0.3, -0.25) is 4.55 Å². The average molecular weight is 310 g/mol. The molecule has 0 fully saturated rings. The lowest BCUT2D eigenvalue weighted by Crippen LogP contribution is -2.51.